The van der Waals surface area contributed by atoms with Gasteiger partial charge < -0.3 is 10.1 Å². The van der Waals surface area contributed by atoms with Gasteiger partial charge in [-0.05, 0) is 43.7 Å². The molecule has 0 saturated carbocycles. The molecule has 0 aromatic heterocycles. The Kier molecular flexibility index (Phi) is 7.69. The summed E-state index contributed by atoms with van der Waals surface area (Å²) >= 11 is 1.04. The number of thioether (sulfide) groups is 1. The van der Waals surface area contributed by atoms with Crippen LogP contribution in [0.5, 0.6) is 0 Å². The highest BCUT2D eigenvalue weighted by atomic mass is 32.2. The van der Waals surface area contributed by atoms with Crippen LogP contribution in [0.4, 0.5) is 14.5 Å². The predicted molar refractivity (Wildman–Crippen MR) is 104 cm³/mol. The van der Waals surface area contributed by atoms with Crippen LogP contribution < -0.4 is 5.32 Å². The molecule has 0 aliphatic carbocycles. The van der Waals surface area contributed by atoms with E-state index in [9.17, 15) is 23.2 Å². The summed E-state index contributed by atoms with van der Waals surface area (Å²) in [6.45, 7) is 3.26. The van der Waals surface area contributed by atoms with E-state index in [1.54, 1.807) is 0 Å². The first-order valence-corrected chi connectivity index (χ1v) is 9.50. The molecule has 2 rings (SSSR count). The molecule has 0 fully saturated rings. The number of halogens is 2. The van der Waals surface area contributed by atoms with Gasteiger partial charge in [-0.1, -0.05) is 17.7 Å². The fourth-order valence-corrected chi connectivity index (χ4v) is 2.92. The third-order valence-electron chi connectivity index (χ3n) is 3.71. The molecule has 0 aliphatic heterocycles. The van der Waals surface area contributed by atoms with E-state index in [4.69, 9.17) is 4.74 Å². The van der Waals surface area contributed by atoms with Crippen LogP contribution in [0.15, 0.2) is 36.4 Å². The van der Waals surface area contributed by atoms with Gasteiger partial charge in [0, 0.05) is 11.3 Å². The average molecular weight is 407 g/mol. The predicted octanol–water partition coefficient (Wildman–Crippen LogP) is 3.68. The van der Waals surface area contributed by atoms with Crippen molar-refractivity contribution in [3.05, 3.63) is 64.7 Å². The zero-order chi connectivity index (χ0) is 20.7. The van der Waals surface area contributed by atoms with Crippen molar-refractivity contribution < 1.29 is 27.9 Å². The summed E-state index contributed by atoms with van der Waals surface area (Å²) < 4.78 is 30.8. The van der Waals surface area contributed by atoms with Gasteiger partial charge in [0.25, 0.3) is 0 Å². The van der Waals surface area contributed by atoms with Gasteiger partial charge in [-0.25, -0.2) is 8.78 Å². The molecule has 0 spiro atoms. The Morgan fingerprint density at radius 3 is 2.43 bits per heavy atom. The standard InChI is InChI=1S/C20H19F2NO4S/c1-12-3-6-17(13(2)7-12)23-19(25)10-28-11-20(26)27-9-18(24)14-4-5-15(21)16(22)8-14/h3-8H,9-11H2,1-2H3,(H,23,25). The monoisotopic (exact) mass is 407 g/mol. The van der Waals surface area contributed by atoms with Crippen molar-refractivity contribution in [3.8, 4) is 0 Å². The Balaban J connectivity index is 1.71. The molecule has 0 radical (unpaired) electrons. The molecule has 8 heteroatoms. The minimum absolute atomic E-state index is 0.0412. The molecule has 1 N–H and O–H groups in total. The maximum absolute atomic E-state index is 13.1. The maximum atomic E-state index is 13.1. The topological polar surface area (TPSA) is 72.5 Å². The molecule has 0 saturated heterocycles. The zero-order valence-electron chi connectivity index (χ0n) is 15.4. The molecule has 0 heterocycles. The van der Waals surface area contributed by atoms with Crippen molar-refractivity contribution in [3.63, 3.8) is 0 Å². The van der Waals surface area contributed by atoms with E-state index in [0.29, 0.717) is 5.69 Å². The molecule has 0 bridgehead atoms. The number of esters is 1. The van der Waals surface area contributed by atoms with Gasteiger partial charge in [-0.15, -0.1) is 11.8 Å². The van der Waals surface area contributed by atoms with Crippen molar-refractivity contribution in [1.29, 1.82) is 0 Å². The maximum Gasteiger partial charge on any atom is 0.316 e. The number of hydrogen-bond acceptors (Lipinski definition) is 5. The molecule has 0 atom stereocenters. The van der Waals surface area contributed by atoms with Crippen LogP contribution in [-0.2, 0) is 14.3 Å². The van der Waals surface area contributed by atoms with Crippen molar-refractivity contribution in [1.82, 2.24) is 0 Å². The number of aryl methyl sites for hydroxylation is 2. The quantitative estimate of drug-likeness (QED) is 0.534. The van der Waals surface area contributed by atoms with E-state index in [1.807, 2.05) is 32.0 Å². The number of rotatable bonds is 8. The molecule has 5 nitrogen and oxygen atoms in total. The van der Waals surface area contributed by atoms with Crippen LogP contribution in [0.3, 0.4) is 0 Å². The Hall–Kier alpha value is -2.74. The summed E-state index contributed by atoms with van der Waals surface area (Å²) in [4.78, 5) is 35.4. The molecule has 2 aromatic rings. The summed E-state index contributed by atoms with van der Waals surface area (Å²) in [5.41, 5.74) is 2.64. The van der Waals surface area contributed by atoms with E-state index in [1.165, 1.54) is 0 Å². The average Bonchev–Trinajstić information content (AvgIpc) is 2.64. The van der Waals surface area contributed by atoms with Crippen LogP contribution in [0.2, 0.25) is 0 Å². The molecule has 28 heavy (non-hydrogen) atoms. The van der Waals surface area contributed by atoms with E-state index >= 15 is 0 Å². The lowest BCUT2D eigenvalue weighted by atomic mass is 10.1. The second-order valence-corrected chi connectivity index (χ2v) is 7.06. The lowest BCUT2D eigenvalue weighted by Crippen LogP contribution is -2.18. The fourth-order valence-electron chi connectivity index (χ4n) is 2.31. The van der Waals surface area contributed by atoms with E-state index in [2.05, 4.69) is 5.32 Å². The van der Waals surface area contributed by atoms with Gasteiger partial charge >= 0.3 is 5.97 Å². The highest BCUT2D eigenvalue weighted by Gasteiger charge is 2.13. The number of anilines is 1. The van der Waals surface area contributed by atoms with E-state index in [-0.39, 0.29) is 23.0 Å². The Labute approximate surface area is 165 Å². The van der Waals surface area contributed by atoms with Gasteiger partial charge in [0.1, 0.15) is 0 Å². The van der Waals surface area contributed by atoms with Crippen LogP contribution in [0.1, 0.15) is 21.5 Å². The Bertz CT molecular complexity index is 902. The van der Waals surface area contributed by atoms with Crippen molar-refractivity contribution in [2.45, 2.75) is 13.8 Å². The number of ketones is 1. The minimum Gasteiger partial charge on any atom is -0.457 e. The third kappa shape index (κ3) is 6.45. The molecule has 0 aliphatic rings. The number of hydrogen-bond donors (Lipinski definition) is 1. The Morgan fingerprint density at radius 2 is 1.75 bits per heavy atom. The van der Waals surface area contributed by atoms with Gasteiger partial charge in [-0.3, -0.25) is 14.4 Å². The number of benzene rings is 2. The Morgan fingerprint density at radius 1 is 1.00 bits per heavy atom. The number of amides is 1. The molecule has 1 amide bonds. The minimum atomic E-state index is -1.15. The second kappa shape index (κ2) is 9.98. The van der Waals surface area contributed by atoms with Gasteiger partial charge in [0.05, 0.1) is 11.5 Å². The van der Waals surface area contributed by atoms with Gasteiger partial charge in [-0.2, -0.15) is 0 Å². The van der Waals surface area contributed by atoms with Gasteiger partial charge in [0.2, 0.25) is 5.91 Å². The summed E-state index contributed by atoms with van der Waals surface area (Å²) in [7, 11) is 0. The molecular formula is C20H19F2NO4S. The van der Waals surface area contributed by atoms with Crippen LogP contribution in [-0.4, -0.2) is 35.8 Å². The number of carbonyl (C=O) groups excluding carboxylic acids is 3. The number of nitrogens with one attached hydrogen (secondary N) is 1. The second-order valence-electron chi connectivity index (χ2n) is 6.07. The lowest BCUT2D eigenvalue weighted by molar-refractivity contribution is -0.139. The summed E-state index contributed by atoms with van der Waals surface area (Å²) in [5.74, 6) is -3.88. The van der Waals surface area contributed by atoms with Crippen LogP contribution >= 0.6 is 11.8 Å². The molecule has 0 unspecified atom stereocenters. The van der Waals surface area contributed by atoms with Crippen LogP contribution in [0.25, 0.3) is 0 Å². The zero-order valence-corrected chi connectivity index (χ0v) is 16.2. The number of carbonyl (C=O) groups is 3. The van der Waals surface area contributed by atoms with Crippen molar-refractivity contribution in [2.24, 2.45) is 0 Å². The summed E-state index contributed by atoms with van der Waals surface area (Å²) in [6.07, 6.45) is 0. The smallest absolute Gasteiger partial charge is 0.316 e. The lowest BCUT2D eigenvalue weighted by Gasteiger charge is -2.09. The van der Waals surface area contributed by atoms with E-state index in [0.717, 1.165) is 41.1 Å². The number of ether oxygens (including phenoxy) is 1. The summed E-state index contributed by atoms with van der Waals surface area (Å²) in [5, 5.41) is 2.76. The SMILES string of the molecule is Cc1ccc(NC(=O)CSCC(=O)OCC(=O)c2ccc(F)c(F)c2)c(C)c1. The summed E-state index contributed by atoms with van der Waals surface area (Å²) in [6, 6.07) is 8.33. The highest BCUT2D eigenvalue weighted by molar-refractivity contribution is 8.00. The largest absolute Gasteiger partial charge is 0.457 e. The van der Waals surface area contributed by atoms with Crippen molar-refractivity contribution >= 4 is 35.1 Å². The fraction of sp³-hybridized carbons (Fsp3) is 0.250. The third-order valence-corrected chi connectivity index (χ3v) is 4.62. The molecule has 2 aromatic carbocycles. The number of Topliss-reactive ketones (excluding diaryl/α,β-unsaturated/α-hetero) is 1. The molecular weight excluding hydrogens is 388 g/mol. The first-order valence-electron chi connectivity index (χ1n) is 8.35. The first-order chi connectivity index (χ1) is 13.3. The van der Waals surface area contributed by atoms with Gasteiger partial charge in [0.15, 0.2) is 24.0 Å². The van der Waals surface area contributed by atoms with Crippen LogP contribution in [0, 0.1) is 25.5 Å². The first kappa shape index (κ1) is 21.6. The highest BCUT2D eigenvalue weighted by Crippen LogP contribution is 2.16. The van der Waals surface area contributed by atoms with Crippen molar-refractivity contribution in [2.75, 3.05) is 23.4 Å². The normalized spacial score (nSPS) is 10.4. The molecule has 148 valence electrons. The van der Waals surface area contributed by atoms with E-state index < -0.39 is 30.0 Å².